The van der Waals surface area contributed by atoms with Crippen molar-refractivity contribution in [2.75, 3.05) is 13.1 Å². The number of thiophene rings is 1. The van der Waals surface area contributed by atoms with E-state index in [1.165, 1.54) is 25.9 Å². The zero-order chi connectivity index (χ0) is 17.4. The molecule has 2 bridgehead atoms. The Hall–Kier alpha value is -1.37. The molecule has 2 aromatic rings. The summed E-state index contributed by atoms with van der Waals surface area (Å²) >= 11 is 3.22. The largest absolute Gasteiger partial charge is 0.347 e. The van der Waals surface area contributed by atoms with Crippen LogP contribution in [-0.4, -0.2) is 41.0 Å². The van der Waals surface area contributed by atoms with E-state index in [1.54, 1.807) is 23.1 Å². The Labute approximate surface area is 157 Å². The third kappa shape index (κ3) is 3.61. The molecule has 3 aliphatic heterocycles. The minimum atomic E-state index is 0.0736. The van der Waals surface area contributed by atoms with Crippen LogP contribution < -0.4 is 5.32 Å². The lowest BCUT2D eigenvalue weighted by atomic mass is 9.79. The summed E-state index contributed by atoms with van der Waals surface area (Å²) in [6, 6.07) is 8.79. The first-order valence-electron chi connectivity index (χ1n) is 8.85. The third-order valence-electron chi connectivity index (χ3n) is 5.38. The van der Waals surface area contributed by atoms with Gasteiger partial charge >= 0.3 is 0 Å². The van der Waals surface area contributed by atoms with Gasteiger partial charge in [0.25, 0.3) is 5.91 Å². The van der Waals surface area contributed by atoms with Gasteiger partial charge in [-0.3, -0.25) is 14.7 Å². The highest BCUT2D eigenvalue weighted by molar-refractivity contribution is 8.01. The minimum absolute atomic E-state index is 0.0736. The first-order chi connectivity index (χ1) is 12.1. The summed E-state index contributed by atoms with van der Waals surface area (Å²) in [5, 5.41) is 3.31. The summed E-state index contributed by atoms with van der Waals surface area (Å²) in [4.78, 5) is 21.4. The van der Waals surface area contributed by atoms with E-state index in [4.69, 9.17) is 0 Å². The SMILES string of the molecule is Cc1ccc(Sc2ccc(C(=O)NC3C4CCN(CC4)C3C)s2)cn1. The van der Waals surface area contributed by atoms with Gasteiger partial charge in [0.15, 0.2) is 0 Å². The van der Waals surface area contributed by atoms with Crippen molar-refractivity contribution >= 4 is 29.0 Å². The summed E-state index contributed by atoms with van der Waals surface area (Å²) in [6.45, 7) is 6.60. The van der Waals surface area contributed by atoms with Gasteiger partial charge in [0.05, 0.1) is 9.09 Å². The monoisotopic (exact) mass is 373 g/mol. The van der Waals surface area contributed by atoms with E-state index in [9.17, 15) is 4.79 Å². The smallest absolute Gasteiger partial charge is 0.261 e. The Kier molecular flexibility index (Phi) is 4.84. The number of aryl methyl sites for hydroxylation is 1. The van der Waals surface area contributed by atoms with Gasteiger partial charge in [-0.25, -0.2) is 0 Å². The molecule has 25 heavy (non-hydrogen) atoms. The van der Waals surface area contributed by atoms with Crippen molar-refractivity contribution in [3.8, 4) is 0 Å². The lowest BCUT2D eigenvalue weighted by Crippen LogP contribution is -2.62. The van der Waals surface area contributed by atoms with E-state index in [-0.39, 0.29) is 11.9 Å². The molecule has 0 saturated carbocycles. The van der Waals surface area contributed by atoms with Gasteiger partial charge in [0, 0.05) is 28.9 Å². The van der Waals surface area contributed by atoms with Crippen LogP contribution in [-0.2, 0) is 0 Å². The Morgan fingerprint density at radius 3 is 2.76 bits per heavy atom. The molecule has 0 spiro atoms. The van der Waals surface area contributed by atoms with Crippen LogP contribution in [0.3, 0.4) is 0 Å². The maximum absolute atomic E-state index is 12.7. The highest BCUT2D eigenvalue weighted by atomic mass is 32.2. The summed E-state index contributed by atoms with van der Waals surface area (Å²) in [5.41, 5.74) is 1.02. The summed E-state index contributed by atoms with van der Waals surface area (Å²) < 4.78 is 1.12. The first kappa shape index (κ1) is 17.1. The topological polar surface area (TPSA) is 45.2 Å². The van der Waals surface area contributed by atoms with Crippen molar-refractivity contribution in [3.05, 3.63) is 41.0 Å². The van der Waals surface area contributed by atoms with Gasteiger partial charge in [0.1, 0.15) is 0 Å². The number of pyridine rings is 1. The van der Waals surface area contributed by atoms with Crippen LogP contribution in [0.15, 0.2) is 39.6 Å². The van der Waals surface area contributed by atoms with Crippen molar-refractivity contribution < 1.29 is 4.79 Å². The van der Waals surface area contributed by atoms with Crippen molar-refractivity contribution in [2.45, 2.75) is 47.9 Å². The van der Waals surface area contributed by atoms with Crippen molar-refractivity contribution in [1.82, 2.24) is 15.2 Å². The molecule has 4 nitrogen and oxygen atoms in total. The second kappa shape index (κ2) is 7.09. The van der Waals surface area contributed by atoms with Gasteiger partial charge in [0.2, 0.25) is 0 Å². The van der Waals surface area contributed by atoms with Crippen LogP contribution in [0.5, 0.6) is 0 Å². The molecule has 3 saturated heterocycles. The van der Waals surface area contributed by atoms with Crippen LogP contribution in [0.1, 0.15) is 35.1 Å². The molecule has 5 heterocycles. The molecule has 1 amide bonds. The molecule has 2 aromatic heterocycles. The Morgan fingerprint density at radius 1 is 1.28 bits per heavy atom. The number of hydrogen-bond acceptors (Lipinski definition) is 5. The van der Waals surface area contributed by atoms with Gasteiger partial charge in [-0.05, 0) is 70.0 Å². The fraction of sp³-hybridized carbons (Fsp3) is 0.474. The number of aromatic nitrogens is 1. The van der Waals surface area contributed by atoms with Crippen molar-refractivity contribution in [2.24, 2.45) is 5.92 Å². The van der Waals surface area contributed by atoms with E-state index < -0.39 is 0 Å². The third-order valence-corrected chi connectivity index (χ3v) is 7.58. The lowest BCUT2D eigenvalue weighted by Gasteiger charge is -2.49. The van der Waals surface area contributed by atoms with Crippen molar-refractivity contribution in [3.63, 3.8) is 0 Å². The van der Waals surface area contributed by atoms with Crippen LogP contribution >= 0.6 is 23.1 Å². The number of carbonyl (C=O) groups is 1. The number of fused-ring (bicyclic) bond motifs is 3. The average Bonchev–Trinajstić information content (AvgIpc) is 3.09. The van der Waals surface area contributed by atoms with Gasteiger partial charge < -0.3 is 5.32 Å². The van der Waals surface area contributed by atoms with Crippen LogP contribution in [0.4, 0.5) is 0 Å². The van der Waals surface area contributed by atoms with Gasteiger partial charge in [-0.1, -0.05) is 11.8 Å². The number of piperidine rings is 3. The van der Waals surface area contributed by atoms with Crippen molar-refractivity contribution in [1.29, 1.82) is 0 Å². The first-order valence-corrected chi connectivity index (χ1v) is 10.5. The minimum Gasteiger partial charge on any atom is -0.347 e. The summed E-state index contributed by atoms with van der Waals surface area (Å²) in [5.74, 6) is 0.709. The lowest BCUT2D eigenvalue weighted by molar-refractivity contribution is 0.0218. The fourth-order valence-corrected chi connectivity index (χ4v) is 5.87. The normalized spacial score (nSPS) is 28.1. The maximum atomic E-state index is 12.7. The predicted octanol–water partition coefficient (Wildman–Crippen LogP) is 3.82. The molecular formula is C19H23N3OS2. The summed E-state index contributed by atoms with van der Waals surface area (Å²) in [7, 11) is 0. The van der Waals surface area contributed by atoms with E-state index >= 15 is 0 Å². The molecule has 3 aliphatic rings. The zero-order valence-electron chi connectivity index (χ0n) is 14.6. The molecule has 132 valence electrons. The number of carbonyl (C=O) groups excluding carboxylic acids is 1. The highest BCUT2D eigenvalue weighted by Crippen LogP contribution is 2.35. The molecule has 1 N–H and O–H groups in total. The van der Waals surface area contributed by atoms with Crippen LogP contribution in [0.25, 0.3) is 0 Å². The molecule has 5 rings (SSSR count). The molecule has 2 atom stereocenters. The Balaban J connectivity index is 1.41. The predicted molar refractivity (Wildman–Crippen MR) is 102 cm³/mol. The molecular weight excluding hydrogens is 350 g/mol. The molecule has 0 radical (unpaired) electrons. The molecule has 2 unspecified atom stereocenters. The number of rotatable bonds is 4. The highest BCUT2D eigenvalue weighted by Gasteiger charge is 2.40. The zero-order valence-corrected chi connectivity index (χ0v) is 16.2. The number of hydrogen-bond donors (Lipinski definition) is 1. The number of nitrogens with zero attached hydrogens (tertiary/aromatic N) is 2. The van der Waals surface area contributed by atoms with Crippen LogP contribution in [0.2, 0.25) is 0 Å². The van der Waals surface area contributed by atoms with Gasteiger partial charge in [-0.15, -0.1) is 11.3 Å². The molecule has 3 fully saturated rings. The van der Waals surface area contributed by atoms with E-state index in [0.29, 0.717) is 12.0 Å². The maximum Gasteiger partial charge on any atom is 0.261 e. The second-order valence-electron chi connectivity index (χ2n) is 6.97. The van der Waals surface area contributed by atoms with Crippen LogP contribution in [0, 0.1) is 12.8 Å². The average molecular weight is 374 g/mol. The van der Waals surface area contributed by atoms with E-state index in [0.717, 1.165) is 19.7 Å². The number of amides is 1. The quantitative estimate of drug-likeness (QED) is 0.885. The fourth-order valence-electron chi connectivity index (χ4n) is 3.90. The molecule has 0 aromatic carbocycles. The molecule has 6 heteroatoms. The molecule has 0 aliphatic carbocycles. The van der Waals surface area contributed by atoms with E-state index in [1.807, 2.05) is 31.3 Å². The van der Waals surface area contributed by atoms with E-state index in [2.05, 4.69) is 28.2 Å². The Morgan fingerprint density at radius 2 is 2.08 bits per heavy atom. The standard InChI is InChI=1S/C19H23N3OS2/c1-12-3-4-15(11-20-12)24-17-6-5-16(25-17)19(23)21-18-13(2)22-9-7-14(18)8-10-22/h3-6,11,13-14,18H,7-10H2,1-2H3,(H,21,23). The number of nitrogens with one attached hydrogen (secondary N) is 1. The Bertz CT molecular complexity index is 748. The second-order valence-corrected chi connectivity index (χ2v) is 9.43. The summed E-state index contributed by atoms with van der Waals surface area (Å²) in [6.07, 6.45) is 4.30. The van der Waals surface area contributed by atoms with Gasteiger partial charge in [-0.2, -0.15) is 0 Å².